The summed E-state index contributed by atoms with van der Waals surface area (Å²) in [7, 11) is 0. The number of hydrogen-bond acceptors (Lipinski definition) is 2. The fourth-order valence-corrected chi connectivity index (χ4v) is 2.78. The van der Waals surface area contributed by atoms with Gasteiger partial charge in [0.15, 0.2) is 5.78 Å². The molecular formula is C19H23NO. The molecule has 0 amide bonds. The molecule has 0 aromatic heterocycles. The molecule has 0 aliphatic heterocycles. The van der Waals surface area contributed by atoms with Gasteiger partial charge in [-0.25, -0.2) is 0 Å². The highest BCUT2D eigenvalue weighted by atomic mass is 16.1. The molecule has 0 fully saturated rings. The summed E-state index contributed by atoms with van der Waals surface area (Å²) in [6.07, 6.45) is 0. The molecule has 0 N–H and O–H groups in total. The minimum absolute atomic E-state index is 0.102. The first-order chi connectivity index (χ1) is 10.2. The Kier molecular flexibility index (Phi) is 5.29. The van der Waals surface area contributed by atoms with Gasteiger partial charge in [-0.3, -0.25) is 9.69 Å². The molecule has 2 nitrogen and oxygen atoms in total. The summed E-state index contributed by atoms with van der Waals surface area (Å²) in [5, 5.41) is 0. The van der Waals surface area contributed by atoms with Crippen molar-refractivity contribution in [2.45, 2.75) is 26.8 Å². The van der Waals surface area contributed by atoms with Crippen LogP contribution < -0.4 is 0 Å². The second kappa shape index (κ2) is 7.19. The number of carbonyl (C=O) groups excluding carboxylic acids is 1. The normalized spacial score (nSPS) is 12.4. The van der Waals surface area contributed by atoms with E-state index in [9.17, 15) is 4.79 Å². The molecule has 0 bridgehead atoms. The smallest absolute Gasteiger partial charge is 0.193 e. The number of nitrogens with zero attached hydrogens (tertiary/aromatic N) is 1. The van der Waals surface area contributed by atoms with Crippen LogP contribution in [0.3, 0.4) is 0 Å². The van der Waals surface area contributed by atoms with Crippen molar-refractivity contribution in [1.82, 2.24) is 4.90 Å². The first kappa shape index (κ1) is 15.5. The van der Waals surface area contributed by atoms with Gasteiger partial charge in [0.05, 0.1) is 0 Å². The largest absolute Gasteiger partial charge is 0.297 e. The van der Waals surface area contributed by atoms with Gasteiger partial charge < -0.3 is 0 Å². The molecule has 21 heavy (non-hydrogen) atoms. The van der Waals surface area contributed by atoms with Gasteiger partial charge in [-0.1, -0.05) is 68.4 Å². The number of carbonyl (C=O) groups is 1. The number of benzene rings is 2. The molecule has 0 saturated carbocycles. The Hall–Kier alpha value is -1.93. The quantitative estimate of drug-likeness (QED) is 0.735. The molecule has 0 heterocycles. The molecule has 1 atom stereocenters. The maximum atomic E-state index is 12.8. The number of rotatable bonds is 6. The molecule has 0 aliphatic rings. The van der Waals surface area contributed by atoms with E-state index in [0.717, 1.165) is 29.8 Å². The molecule has 0 radical (unpaired) electrons. The Morgan fingerprint density at radius 1 is 0.952 bits per heavy atom. The van der Waals surface area contributed by atoms with Crippen LogP contribution in [0.25, 0.3) is 0 Å². The molecule has 2 aromatic rings. The van der Waals surface area contributed by atoms with E-state index in [1.165, 1.54) is 0 Å². The standard InChI is InChI=1S/C19H23NO/c1-4-20(5-2)15(3)17-13-9-10-14-18(17)19(21)16-11-7-6-8-12-16/h6-15H,4-5H2,1-3H3. The molecule has 1 unspecified atom stereocenters. The van der Waals surface area contributed by atoms with Crippen molar-refractivity contribution in [1.29, 1.82) is 0 Å². The first-order valence-corrected chi connectivity index (χ1v) is 7.61. The maximum absolute atomic E-state index is 12.8. The molecular weight excluding hydrogens is 258 g/mol. The third kappa shape index (κ3) is 3.40. The van der Waals surface area contributed by atoms with Crippen LogP contribution in [0.1, 0.15) is 48.3 Å². The summed E-state index contributed by atoms with van der Waals surface area (Å²) in [5.74, 6) is 0.102. The molecule has 0 saturated heterocycles. The summed E-state index contributed by atoms with van der Waals surface area (Å²) in [5.41, 5.74) is 2.66. The van der Waals surface area contributed by atoms with Crippen molar-refractivity contribution in [3.8, 4) is 0 Å². The lowest BCUT2D eigenvalue weighted by molar-refractivity contribution is 0.103. The second-order valence-corrected chi connectivity index (χ2v) is 5.18. The lowest BCUT2D eigenvalue weighted by Gasteiger charge is -2.28. The van der Waals surface area contributed by atoms with Gasteiger partial charge in [0.25, 0.3) is 0 Å². The highest BCUT2D eigenvalue weighted by Gasteiger charge is 2.19. The molecule has 2 aromatic carbocycles. The van der Waals surface area contributed by atoms with E-state index in [1.807, 2.05) is 48.5 Å². The third-order valence-electron chi connectivity index (χ3n) is 4.05. The fraction of sp³-hybridized carbons (Fsp3) is 0.316. The van der Waals surface area contributed by atoms with Crippen molar-refractivity contribution >= 4 is 5.78 Å². The van der Waals surface area contributed by atoms with Gasteiger partial charge >= 0.3 is 0 Å². The van der Waals surface area contributed by atoms with E-state index in [1.54, 1.807) is 0 Å². The van der Waals surface area contributed by atoms with Gasteiger partial charge in [-0.05, 0) is 25.6 Å². The second-order valence-electron chi connectivity index (χ2n) is 5.18. The average Bonchev–Trinajstić information content (AvgIpc) is 2.56. The van der Waals surface area contributed by atoms with E-state index in [2.05, 4.69) is 31.7 Å². The average molecular weight is 281 g/mol. The predicted molar refractivity (Wildman–Crippen MR) is 87.7 cm³/mol. The third-order valence-corrected chi connectivity index (χ3v) is 4.05. The minimum atomic E-state index is 0.102. The van der Waals surface area contributed by atoms with Crippen LogP contribution in [0.5, 0.6) is 0 Å². The SMILES string of the molecule is CCN(CC)C(C)c1ccccc1C(=O)c1ccccc1. The summed E-state index contributed by atoms with van der Waals surface area (Å²) >= 11 is 0. The lowest BCUT2D eigenvalue weighted by atomic mass is 9.94. The Morgan fingerprint density at radius 2 is 1.52 bits per heavy atom. The van der Waals surface area contributed by atoms with E-state index >= 15 is 0 Å². The minimum Gasteiger partial charge on any atom is -0.297 e. The van der Waals surface area contributed by atoms with Crippen LogP contribution in [-0.4, -0.2) is 23.8 Å². The number of ketones is 1. The van der Waals surface area contributed by atoms with E-state index < -0.39 is 0 Å². The Balaban J connectivity index is 2.39. The highest BCUT2D eigenvalue weighted by Crippen LogP contribution is 2.25. The van der Waals surface area contributed by atoms with Gasteiger partial charge in [-0.2, -0.15) is 0 Å². The van der Waals surface area contributed by atoms with Crippen LogP contribution in [0.4, 0.5) is 0 Å². The maximum Gasteiger partial charge on any atom is 0.193 e. The summed E-state index contributed by atoms with van der Waals surface area (Å²) in [4.78, 5) is 15.1. The first-order valence-electron chi connectivity index (χ1n) is 7.61. The Morgan fingerprint density at radius 3 is 2.14 bits per heavy atom. The van der Waals surface area contributed by atoms with Crippen LogP contribution >= 0.6 is 0 Å². The van der Waals surface area contributed by atoms with Crippen molar-refractivity contribution in [2.24, 2.45) is 0 Å². The number of hydrogen-bond donors (Lipinski definition) is 0. The summed E-state index contributed by atoms with van der Waals surface area (Å²) in [6.45, 7) is 8.43. The van der Waals surface area contributed by atoms with Crippen LogP contribution in [0.15, 0.2) is 54.6 Å². The predicted octanol–water partition coefficient (Wildman–Crippen LogP) is 4.32. The molecule has 2 heteroatoms. The van der Waals surface area contributed by atoms with Crippen molar-refractivity contribution in [3.63, 3.8) is 0 Å². The summed E-state index contributed by atoms with van der Waals surface area (Å²) in [6, 6.07) is 17.7. The van der Waals surface area contributed by atoms with E-state index in [-0.39, 0.29) is 11.8 Å². The molecule has 110 valence electrons. The highest BCUT2D eigenvalue weighted by molar-refractivity contribution is 6.09. The summed E-state index contributed by atoms with van der Waals surface area (Å²) < 4.78 is 0. The Bertz CT molecular complexity index is 588. The monoisotopic (exact) mass is 281 g/mol. The molecule has 2 rings (SSSR count). The zero-order chi connectivity index (χ0) is 15.2. The van der Waals surface area contributed by atoms with E-state index in [4.69, 9.17) is 0 Å². The Labute approximate surface area is 127 Å². The zero-order valence-corrected chi connectivity index (χ0v) is 13.0. The van der Waals surface area contributed by atoms with Crippen LogP contribution in [0.2, 0.25) is 0 Å². The molecule has 0 spiro atoms. The van der Waals surface area contributed by atoms with Crippen molar-refractivity contribution in [3.05, 3.63) is 71.3 Å². The van der Waals surface area contributed by atoms with Crippen LogP contribution in [-0.2, 0) is 0 Å². The lowest BCUT2D eigenvalue weighted by Crippen LogP contribution is -2.27. The van der Waals surface area contributed by atoms with Crippen molar-refractivity contribution < 1.29 is 4.79 Å². The van der Waals surface area contributed by atoms with Crippen molar-refractivity contribution in [2.75, 3.05) is 13.1 Å². The topological polar surface area (TPSA) is 20.3 Å². The van der Waals surface area contributed by atoms with E-state index in [0.29, 0.717) is 0 Å². The van der Waals surface area contributed by atoms with Gasteiger partial charge in [0.1, 0.15) is 0 Å². The van der Waals surface area contributed by atoms with Crippen LogP contribution in [0, 0.1) is 0 Å². The zero-order valence-electron chi connectivity index (χ0n) is 13.0. The van der Waals surface area contributed by atoms with Gasteiger partial charge in [0.2, 0.25) is 0 Å². The van der Waals surface area contributed by atoms with Gasteiger partial charge in [-0.15, -0.1) is 0 Å². The molecule has 0 aliphatic carbocycles. The fourth-order valence-electron chi connectivity index (χ4n) is 2.78. The van der Waals surface area contributed by atoms with Gasteiger partial charge in [0, 0.05) is 17.2 Å².